The van der Waals surface area contributed by atoms with Gasteiger partial charge < -0.3 is 4.90 Å². The van der Waals surface area contributed by atoms with Gasteiger partial charge in [0.05, 0.1) is 10.6 Å². The number of likely N-dealkylation sites (N-methyl/N-ethyl adjacent to an activating group) is 1. The van der Waals surface area contributed by atoms with Crippen LogP contribution in [0.25, 0.3) is 0 Å². The van der Waals surface area contributed by atoms with E-state index in [-0.39, 0.29) is 5.91 Å². The molecule has 86 valence electrons. The minimum absolute atomic E-state index is 0.108. The summed E-state index contributed by atoms with van der Waals surface area (Å²) in [7, 11) is 0. The van der Waals surface area contributed by atoms with Gasteiger partial charge in [0.1, 0.15) is 0 Å². The van der Waals surface area contributed by atoms with E-state index in [1.54, 1.807) is 17.2 Å². The summed E-state index contributed by atoms with van der Waals surface area (Å²) in [4.78, 5) is 17.7. The van der Waals surface area contributed by atoms with Crippen molar-refractivity contribution in [1.29, 1.82) is 0 Å². The van der Waals surface area contributed by atoms with Crippen LogP contribution in [0.2, 0.25) is 5.02 Å². The lowest BCUT2D eigenvalue weighted by molar-refractivity contribution is 0.0778. The quantitative estimate of drug-likeness (QED) is 0.756. The number of amides is 1. The number of rotatable bonds is 4. The number of carbonyl (C=O) groups excluding carboxylic acids is 1. The fraction of sp³-hybridized carbons (Fsp3) is 0.333. The molecule has 0 aliphatic heterocycles. The molecule has 0 aliphatic carbocycles. The van der Waals surface area contributed by atoms with Crippen molar-refractivity contribution in [3.8, 4) is 0 Å². The van der Waals surface area contributed by atoms with E-state index in [4.69, 9.17) is 11.6 Å². The summed E-state index contributed by atoms with van der Waals surface area (Å²) in [6.07, 6.45) is 3.06. The standard InChI is InChI=1S/C12H15ClN2O/c1-4-15(8-9(2)3)12(16)10-7-14-6-5-11(10)13/h5-7H,2,4,8H2,1,3H3. The number of carbonyl (C=O) groups is 1. The maximum Gasteiger partial charge on any atom is 0.257 e. The molecule has 16 heavy (non-hydrogen) atoms. The van der Waals surface area contributed by atoms with Gasteiger partial charge in [-0.2, -0.15) is 0 Å². The Balaban J connectivity index is 2.91. The number of nitrogens with zero attached hydrogens (tertiary/aromatic N) is 2. The van der Waals surface area contributed by atoms with Crippen LogP contribution in [0.15, 0.2) is 30.6 Å². The van der Waals surface area contributed by atoms with Crippen LogP contribution in [-0.2, 0) is 0 Å². The van der Waals surface area contributed by atoms with Crippen LogP contribution in [0.4, 0.5) is 0 Å². The zero-order chi connectivity index (χ0) is 12.1. The largest absolute Gasteiger partial charge is 0.335 e. The number of pyridine rings is 1. The van der Waals surface area contributed by atoms with E-state index >= 15 is 0 Å². The molecule has 0 atom stereocenters. The van der Waals surface area contributed by atoms with E-state index in [1.807, 2.05) is 13.8 Å². The first-order valence-corrected chi connectivity index (χ1v) is 5.47. The third-order valence-corrected chi connectivity index (χ3v) is 2.46. The molecule has 0 bridgehead atoms. The van der Waals surface area contributed by atoms with Gasteiger partial charge in [-0.3, -0.25) is 9.78 Å². The number of hydrogen-bond acceptors (Lipinski definition) is 2. The molecule has 0 spiro atoms. The van der Waals surface area contributed by atoms with E-state index in [2.05, 4.69) is 11.6 Å². The lowest BCUT2D eigenvalue weighted by Crippen LogP contribution is -2.32. The van der Waals surface area contributed by atoms with Crippen LogP contribution in [0.5, 0.6) is 0 Å². The Morgan fingerprint density at radius 3 is 2.81 bits per heavy atom. The highest BCUT2D eigenvalue weighted by Gasteiger charge is 2.16. The molecule has 0 fully saturated rings. The van der Waals surface area contributed by atoms with Gasteiger partial charge in [0.25, 0.3) is 5.91 Å². The van der Waals surface area contributed by atoms with Crippen molar-refractivity contribution >= 4 is 17.5 Å². The molecule has 0 radical (unpaired) electrons. The molecule has 1 heterocycles. The maximum absolute atomic E-state index is 12.1. The third kappa shape index (κ3) is 3.07. The average molecular weight is 239 g/mol. The van der Waals surface area contributed by atoms with Crippen LogP contribution in [0.3, 0.4) is 0 Å². The SMILES string of the molecule is C=C(C)CN(CC)C(=O)c1cnccc1Cl. The summed E-state index contributed by atoms with van der Waals surface area (Å²) in [6, 6.07) is 1.61. The van der Waals surface area contributed by atoms with E-state index in [0.29, 0.717) is 23.7 Å². The summed E-state index contributed by atoms with van der Waals surface area (Å²) >= 11 is 5.95. The Morgan fingerprint density at radius 1 is 1.62 bits per heavy atom. The molecule has 1 rings (SSSR count). The predicted molar refractivity (Wildman–Crippen MR) is 65.6 cm³/mol. The lowest BCUT2D eigenvalue weighted by atomic mass is 10.2. The van der Waals surface area contributed by atoms with Gasteiger partial charge >= 0.3 is 0 Å². The molecule has 3 nitrogen and oxygen atoms in total. The second-order valence-corrected chi connectivity index (χ2v) is 4.04. The van der Waals surface area contributed by atoms with Crippen molar-refractivity contribution in [1.82, 2.24) is 9.88 Å². The van der Waals surface area contributed by atoms with Crippen molar-refractivity contribution in [2.45, 2.75) is 13.8 Å². The van der Waals surface area contributed by atoms with Gasteiger partial charge in [-0.1, -0.05) is 23.8 Å². The fourth-order valence-electron chi connectivity index (χ4n) is 1.36. The Kier molecular flexibility index (Phi) is 4.50. The number of halogens is 1. The molecule has 0 aromatic carbocycles. The van der Waals surface area contributed by atoms with Crippen molar-refractivity contribution < 1.29 is 4.79 Å². The Hall–Kier alpha value is -1.35. The van der Waals surface area contributed by atoms with Crippen molar-refractivity contribution in [2.24, 2.45) is 0 Å². The van der Waals surface area contributed by atoms with E-state index in [0.717, 1.165) is 5.57 Å². The summed E-state index contributed by atoms with van der Waals surface area (Å²) < 4.78 is 0. The zero-order valence-electron chi connectivity index (χ0n) is 9.53. The molecule has 1 aromatic rings. The molecule has 0 saturated carbocycles. The second kappa shape index (κ2) is 5.66. The van der Waals surface area contributed by atoms with Crippen LogP contribution in [0.1, 0.15) is 24.2 Å². The molecule has 0 aliphatic rings. The average Bonchev–Trinajstić information content (AvgIpc) is 2.25. The minimum atomic E-state index is -0.108. The first-order valence-electron chi connectivity index (χ1n) is 5.09. The first-order chi connectivity index (χ1) is 7.56. The third-order valence-electron chi connectivity index (χ3n) is 2.13. The number of hydrogen-bond donors (Lipinski definition) is 0. The predicted octanol–water partition coefficient (Wildman–Crippen LogP) is 2.77. The van der Waals surface area contributed by atoms with Crippen LogP contribution in [-0.4, -0.2) is 28.9 Å². The Bertz CT molecular complexity index is 404. The molecule has 0 saturated heterocycles. The Labute approximate surface area is 101 Å². The highest BCUT2D eigenvalue weighted by Crippen LogP contribution is 2.16. The second-order valence-electron chi connectivity index (χ2n) is 3.63. The van der Waals surface area contributed by atoms with Crippen LogP contribution in [0, 0.1) is 0 Å². The monoisotopic (exact) mass is 238 g/mol. The lowest BCUT2D eigenvalue weighted by Gasteiger charge is -2.21. The minimum Gasteiger partial charge on any atom is -0.335 e. The summed E-state index contributed by atoms with van der Waals surface area (Å²) in [5, 5.41) is 0.431. The van der Waals surface area contributed by atoms with Gasteiger partial charge in [-0.15, -0.1) is 0 Å². The molecule has 4 heteroatoms. The molecular formula is C12H15ClN2O. The first kappa shape index (κ1) is 12.7. The van der Waals surface area contributed by atoms with Crippen molar-refractivity contribution in [3.05, 3.63) is 41.2 Å². The molecule has 1 aromatic heterocycles. The molecular weight excluding hydrogens is 224 g/mol. The number of aromatic nitrogens is 1. The maximum atomic E-state index is 12.1. The van der Waals surface area contributed by atoms with E-state index in [1.165, 1.54) is 6.20 Å². The van der Waals surface area contributed by atoms with Crippen molar-refractivity contribution in [3.63, 3.8) is 0 Å². The zero-order valence-corrected chi connectivity index (χ0v) is 10.3. The Morgan fingerprint density at radius 2 is 2.31 bits per heavy atom. The summed E-state index contributed by atoms with van der Waals surface area (Å²) in [5.41, 5.74) is 1.38. The normalized spacial score (nSPS) is 9.94. The van der Waals surface area contributed by atoms with Crippen LogP contribution < -0.4 is 0 Å². The smallest absolute Gasteiger partial charge is 0.257 e. The topological polar surface area (TPSA) is 33.2 Å². The van der Waals surface area contributed by atoms with Gasteiger partial charge in [0, 0.05) is 25.5 Å². The van der Waals surface area contributed by atoms with E-state index < -0.39 is 0 Å². The molecule has 1 amide bonds. The molecule has 0 N–H and O–H groups in total. The highest BCUT2D eigenvalue weighted by atomic mass is 35.5. The fourth-order valence-corrected chi connectivity index (χ4v) is 1.54. The van der Waals surface area contributed by atoms with Gasteiger partial charge in [-0.25, -0.2) is 0 Å². The van der Waals surface area contributed by atoms with Crippen LogP contribution >= 0.6 is 11.6 Å². The highest BCUT2D eigenvalue weighted by molar-refractivity contribution is 6.33. The molecule has 0 unspecified atom stereocenters. The van der Waals surface area contributed by atoms with Gasteiger partial charge in [-0.05, 0) is 19.9 Å². The summed E-state index contributed by atoms with van der Waals surface area (Å²) in [5.74, 6) is -0.108. The summed E-state index contributed by atoms with van der Waals surface area (Å²) in [6.45, 7) is 8.77. The van der Waals surface area contributed by atoms with Gasteiger partial charge in [0.2, 0.25) is 0 Å². The van der Waals surface area contributed by atoms with E-state index in [9.17, 15) is 4.79 Å². The van der Waals surface area contributed by atoms with Gasteiger partial charge in [0.15, 0.2) is 0 Å². The van der Waals surface area contributed by atoms with Crippen molar-refractivity contribution in [2.75, 3.05) is 13.1 Å².